The van der Waals surface area contributed by atoms with Gasteiger partial charge in [-0.3, -0.25) is 4.79 Å². The van der Waals surface area contributed by atoms with Crippen LogP contribution in [-0.4, -0.2) is 39.9 Å². The molecule has 0 unspecified atom stereocenters. The molecule has 1 saturated heterocycles. The van der Waals surface area contributed by atoms with Gasteiger partial charge in [-0.2, -0.15) is 0 Å². The molecule has 132 valence electrons. The second-order valence-corrected chi connectivity index (χ2v) is 6.22. The first-order valence-corrected chi connectivity index (χ1v) is 8.79. The number of amides is 1. The van der Waals surface area contributed by atoms with E-state index in [4.69, 9.17) is 4.74 Å². The highest BCUT2D eigenvalue weighted by atomic mass is 16.5. The van der Waals surface area contributed by atoms with Crippen LogP contribution in [0.1, 0.15) is 23.5 Å². The van der Waals surface area contributed by atoms with Crippen molar-refractivity contribution in [3.8, 4) is 17.1 Å². The standard InChI is InChI=1S/C20H20N4O2/c25-20(21-14-17-12-7-13-26-17)18-22-19(15-8-3-1-4-9-15)24(23-18)16-10-5-2-6-11-16/h1-6,8-11,17H,7,12-14H2,(H,21,25)/t17-/m0/s1. The van der Waals surface area contributed by atoms with Crippen LogP contribution < -0.4 is 5.32 Å². The predicted molar refractivity (Wildman–Crippen MR) is 98.1 cm³/mol. The summed E-state index contributed by atoms with van der Waals surface area (Å²) in [6.07, 6.45) is 2.10. The first-order chi connectivity index (χ1) is 12.8. The van der Waals surface area contributed by atoms with Crippen LogP contribution in [0.3, 0.4) is 0 Å². The summed E-state index contributed by atoms with van der Waals surface area (Å²) in [5.41, 5.74) is 1.76. The van der Waals surface area contributed by atoms with E-state index >= 15 is 0 Å². The Kier molecular flexibility index (Phi) is 4.75. The number of carbonyl (C=O) groups excluding carboxylic acids is 1. The average Bonchev–Trinajstić information content (AvgIpc) is 3.37. The third kappa shape index (κ3) is 3.50. The van der Waals surface area contributed by atoms with Crippen LogP contribution in [0.5, 0.6) is 0 Å². The molecule has 1 N–H and O–H groups in total. The molecule has 1 aromatic heterocycles. The Labute approximate surface area is 151 Å². The minimum absolute atomic E-state index is 0.0868. The highest BCUT2D eigenvalue weighted by Crippen LogP contribution is 2.21. The van der Waals surface area contributed by atoms with Gasteiger partial charge in [-0.1, -0.05) is 48.5 Å². The summed E-state index contributed by atoms with van der Waals surface area (Å²) >= 11 is 0. The predicted octanol–water partition coefficient (Wildman–Crippen LogP) is 2.84. The first-order valence-electron chi connectivity index (χ1n) is 8.79. The summed E-state index contributed by atoms with van der Waals surface area (Å²) in [6.45, 7) is 1.25. The molecule has 6 nitrogen and oxygen atoms in total. The summed E-state index contributed by atoms with van der Waals surface area (Å²) in [4.78, 5) is 17.0. The topological polar surface area (TPSA) is 69.0 Å². The van der Waals surface area contributed by atoms with Crippen LogP contribution in [0.2, 0.25) is 0 Å². The van der Waals surface area contributed by atoms with Gasteiger partial charge in [-0.25, -0.2) is 9.67 Å². The van der Waals surface area contributed by atoms with Gasteiger partial charge in [0, 0.05) is 18.7 Å². The molecule has 6 heteroatoms. The van der Waals surface area contributed by atoms with Gasteiger partial charge in [0.15, 0.2) is 5.82 Å². The van der Waals surface area contributed by atoms with Gasteiger partial charge in [0.25, 0.3) is 5.91 Å². The molecule has 0 radical (unpaired) electrons. The molecule has 2 heterocycles. The van der Waals surface area contributed by atoms with Gasteiger partial charge in [-0.15, -0.1) is 5.10 Å². The molecule has 26 heavy (non-hydrogen) atoms. The molecule has 0 spiro atoms. The van der Waals surface area contributed by atoms with Gasteiger partial charge in [0.2, 0.25) is 5.82 Å². The van der Waals surface area contributed by atoms with E-state index in [0.29, 0.717) is 12.4 Å². The summed E-state index contributed by atoms with van der Waals surface area (Å²) in [6, 6.07) is 19.4. The van der Waals surface area contributed by atoms with E-state index < -0.39 is 0 Å². The summed E-state index contributed by atoms with van der Waals surface area (Å²) in [7, 11) is 0. The van der Waals surface area contributed by atoms with Crippen LogP contribution in [0, 0.1) is 0 Å². The molecular formula is C20H20N4O2. The van der Waals surface area contributed by atoms with Crippen LogP contribution >= 0.6 is 0 Å². The minimum Gasteiger partial charge on any atom is -0.376 e. The molecule has 1 amide bonds. The van der Waals surface area contributed by atoms with Crippen molar-refractivity contribution in [1.82, 2.24) is 20.1 Å². The lowest BCUT2D eigenvalue weighted by Crippen LogP contribution is -2.32. The van der Waals surface area contributed by atoms with Gasteiger partial charge in [-0.05, 0) is 25.0 Å². The van der Waals surface area contributed by atoms with Crippen molar-refractivity contribution in [2.75, 3.05) is 13.2 Å². The molecule has 1 aliphatic rings. The molecule has 1 aliphatic heterocycles. The number of aromatic nitrogens is 3. The fraction of sp³-hybridized carbons (Fsp3) is 0.250. The molecule has 4 rings (SSSR count). The normalized spacial score (nSPS) is 16.5. The van der Waals surface area contributed by atoms with Crippen LogP contribution in [-0.2, 0) is 4.74 Å². The van der Waals surface area contributed by atoms with Crippen LogP contribution in [0.15, 0.2) is 60.7 Å². The van der Waals surface area contributed by atoms with Crippen LogP contribution in [0.4, 0.5) is 0 Å². The lowest BCUT2D eigenvalue weighted by Gasteiger charge is -2.08. The van der Waals surface area contributed by atoms with E-state index in [1.54, 1.807) is 4.68 Å². The van der Waals surface area contributed by atoms with Crippen molar-refractivity contribution in [2.45, 2.75) is 18.9 Å². The van der Waals surface area contributed by atoms with E-state index in [9.17, 15) is 4.79 Å². The molecule has 0 bridgehead atoms. The zero-order valence-corrected chi connectivity index (χ0v) is 14.3. The molecule has 0 aliphatic carbocycles. The highest BCUT2D eigenvalue weighted by Gasteiger charge is 2.21. The van der Waals surface area contributed by atoms with E-state index in [2.05, 4.69) is 15.4 Å². The Balaban J connectivity index is 1.63. The lowest BCUT2D eigenvalue weighted by molar-refractivity contribution is 0.0849. The maximum atomic E-state index is 12.5. The summed E-state index contributed by atoms with van der Waals surface area (Å²) in [5, 5.41) is 7.34. The average molecular weight is 348 g/mol. The van der Waals surface area contributed by atoms with Crippen molar-refractivity contribution in [2.24, 2.45) is 0 Å². The quantitative estimate of drug-likeness (QED) is 0.770. The zero-order chi connectivity index (χ0) is 17.8. The van der Waals surface area contributed by atoms with Crippen LogP contribution in [0.25, 0.3) is 17.1 Å². The largest absolute Gasteiger partial charge is 0.376 e. The number of nitrogens with zero attached hydrogens (tertiary/aromatic N) is 3. The lowest BCUT2D eigenvalue weighted by atomic mass is 10.2. The number of nitrogens with one attached hydrogen (secondary N) is 1. The first kappa shape index (κ1) is 16.5. The molecule has 2 aromatic carbocycles. The number of benzene rings is 2. The van der Waals surface area contributed by atoms with Gasteiger partial charge < -0.3 is 10.1 Å². The maximum Gasteiger partial charge on any atom is 0.291 e. The fourth-order valence-corrected chi connectivity index (χ4v) is 3.02. The number of hydrogen-bond donors (Lipinski definition) is 1. The van der Waals surface area contributed by atoms with E-state index in [1.165, 1.54) is 0 Å². The van der Waals surface area contributed by atoms with Crippen molar-refractivity contribution in [3.05, 3.63) is 66.5 Å². The minimum atomic E-state index is -0.285. The Morgan fingerprint density at radius 1 is 1.12 bits per heavy atom. The van der Waals surface area contributed by atoms with Crippen molar-refractivity contribution < 1.29 is 9.53 Å². The third-order valence-corrected chi connectivity index (χ3v) is 4.36. The van der Waals surface area contributed by atoms with Gasteiger partial charge in [0.05, 0.1) is 11.8 Å². The number of rotatable bonds is 5. The smallest absolute Gasteiger partial charge is 0.291 e. The monoisotopic (exact) mass is 348 g/mol. The van der Waals surface area contributed by atoms with Crippen molar-refractivity contribution in [3.63, 3.8) is 0 Å². The maximum absolute atomic E-state index is 12.5. The van der Waals surface area contributed by atoms with Gasteiger partial charge in [0.1, 0.15) is 0 Å². The fourth-order valence-electron chi connectivity index (χ4n) is 3.02. The van der Waals surface area contributed by atoms with E-state index in [0.717, 1.165) is 30.7 Å². The molecular weight excluding hydrogens is 328 g/mol. The zero-order valence-electron chi connectivity index (χ0n) is 14.3. The SMILES string of the molecule is O=C(NC[C@@H]1CCCO1)c1nc(-c2ccccc2)n(-c2ccccc2)n1. The third-order valence-electron chi connectivity index (χ3n) is 4.36. The van der Waals surface area contributed by atoms with Crippen molar-refractivity contribution in [1.29, 1.82) is 0 Å². The summed E-state index contributed by atoms with van der Waals surface area (Å²) in [5.74, 6) is 0.511. The molecule has 1 fully saturated rings. The van der Waals surface area contributed by atoms with E-state index in [1.807, 2.05) is 60.7 Å². The Morgan fingerprint density at radius 2 is 1.85 bits per heavy atom. The Bertz CT molecular complexity index is 814. The summed E-state index contributed by atoms with van der Waals surface area (Å²) < 4.78 is 7.25. The van der Waals surface area contributed by atoms with Crippen molar-refractivity contribution >= 4 is 5.91 Å². The number of para-hydroxylation sites is 1. The highest BCUT2D eigenvalue weighted by molar-refractivity contribution is 5.91. The Morgan fingerprint density at radius 3 is 2.54 bits per heavy atom. The second kappa shape index (κ2) is 7.49. The molecule has 0 saturated carbocycles. The molecule has 1 atom stereocenters. The van der Waals surface area contributed by atoms with Gasteiger partial charge >= 0.3 is 0 Å². The Hall–Kier alpha value is -2.99. The second-order valence-electron chi connectivity index (χ2n) is 6.22. The number of carbonyl (C=O) groups is 1. The molecule has 3 aromatic rings. The van der Waals surface area contributed by atoms with E-state index in [-0.39, 0.29) is 17.8 Å². The number of hydrogen-bond acceptors (Lipinski definition) is 4. The number of ether oxygens (including phenoxy) is 1.